The van der Waals surface area contributed by atoms with E-state index in [1.807, 2.05) is 23.1 Å². The van der Waals surface area contributed by atoms with E-state index >= 15 is 0 Å². The highest BCUT2D eigenvalue weighted by Crippen LogP contribution is 2.32. The van der Waals surface area contributed by atoms with Gasteiger partial charge in [0.25, 0.3) is 11.6 Å². The molecule has 0 saturated carbocycles. The Morgan fingerprint density at radius 2 is 1.81 bits per heavy atom. The van der Waals surface area contributed by atoms with Gasteiger partial charge in [0.15, 0.2) is 12.4 Å². The summed E-state index contributed by atoms with van der Waals surface area (Å²) in [5.74, 6) is -0.592. The van der Waals surface area contributed by atoms with Crippen LogP contribution in [-0.4, -0.2) is 49.7 Å². The highest BCUT2D eigenvalue weighted by atomic mass is 35.5. The van der Waals surface area contributed by atoms with Gasteiger partial charge >= 0.3 is 5.97 Å². The summed E-state index contributed by atoms with van der Waals surface area (Å²) in [5, 5.41) is 14.3. The molecule has 10 nitrogen and oxygen atoms in total. The molecular formula is C25H22ClN3O7. The molecule has 4 rings (SSSR count). The number of carbonyl (C=O) groups is 2. The normalized spacial score (nSPS) is 13.1. The van der Waals surface area contributed by atoms with E-state index in [1.165, 1.54) is 18.2 Å². The number of nitrogens with zero attached hydrogens (tertiary/aromatic N) is 2. The van der Waals surface area contributed by atoms with Crippen molar-refractivity contribution in [1.82, 2.24) is 0 Å². The van der Waals surface area contributed by atoms with E-state index in [4.69, 9.17) is 25.8 Å². The quantitative estimate of drug-likeness (QED) is 0.263. The van der Waals surface area contributed by atoms with Crippen molar-refractivity contribution in [3.05, 3.63) is 87.4 Å². The number of esters is 1. The number of halogens is 1. The van der Waals surface area contributed by atoms with Crippen molar-refractivity contribution in [3.8, 4) is 11.5 Å². The number of hydrogen-bond acceptors (Lipinski definition) is 8. The Hall–Kier alpha value is -4.15. The largest absolute Gasteiger partial charge is 0.455 e. The van der Waals surface area contributed by atoms with Gasteiger partial charge in [0.2, 0.25) is 0 Å². The minimum atomic E-state index is -0.859. The summed E-state index contributed by atoms with van der Waals surface area (Å²) in [6.45, 7) is 1.32. The number of ether oxygens (including phenoxy) is 3. The lowest BCUT2D eigenvalue weighted by atomic mass is 10.1. The zero-order valence-electron chi connectivity index (χ0n) is 19.0. The van der Waals surface area contributed by atoms with Crippen LogP contribution in [0.25, 0.3) is 0 Å². The number of non-ortho nitro benzene ring substituents is 1. The molecule has 1 fully saturated rings. The summed E-state index contributed by atoms with van der Waals surface area (Å²) in [6.07, 6.45) is 0. The summed E-state index contributed by atoms with van der Waals surface area (Å²) >= 11 is 6.08. The minimum Gasteiger partial charge on any atom is -0.455 e. The van der Waals surface area contributed by atoms with Gasteiger partial charge in [-0.25, -0.2) is 4.79 Å². The molecule has 36 heavy (non-hydrogen) atoms. The van der Waals surface area contributed by atoms with Gasteiger partial charge < -0.3 is 24.4 Å². The van der Waals surface area contributed by atoms with Crippen molar-refractivity contribution >= 4 is 40.5 Å². The summed E-state index contributed by atoms with van der Waals surface area (Å²) in [7, 11) is 0. The highest BCUT2D eigenvalue weighted by Gasteiger charge is 2.24. The Balaban J connectivity index is 1.46. The molecule has 1 aliphatic heterocycles. The van der Waals surface area contributed by atoms with Crippen LogP contribution >= 0.6 is 11.6 Å². The molecule has 1 aliphatic rings. The van der Waals surface area contributed by atoms with E-state index in [0.717, 1.165) is 6.07 Å². The van der Waals surface area contributed by atoms with E-state index in [0.29, 0.717) is 48.5 Å². The van der Waals surface area contributed by atoms with Gasteiger partial charge in [-0.2, -0.15) is 0 Å². The predicted octanol–water partition coefficient (Wildman–Crippen LogP) is 4.67. The predicted molar refractivity (Wildman–Crippen MR) is 133 cm³/mol. The molecule has 1 heterocycles. The minimum absolute atomic E-state index is 0.00486. The molecule has 3 aromatic carbocycles. The van der Waals surface area contributed by atoms with Gasteiger partial charge in [-0.15, -0.1) is 0 Å². The van der Waals surface area contributed by atoms with Crippen LogP contribution < -0.4 is 15.0 Å². The topological polar surface area (TPSA) is 120 Å². The van der Waals surface area contributed by atoms with Crippen LogP contribution in [0.15, 0.2) is 66.7 Å². The first kappa shape index (κ1) is 25.0. The smallest absolute Gasteiger partial charge is 0.341 e. The molecule has 1 N–H and O–H groups in total. The molecule has 0 unspecified atom stereocenters. The van der Waals surface area contributed by atoms with Crippen LogP contribution in [0.4, 0.5) is 17.1 Å². The third-order valence-electron chi connectivity index (χ3n) is 5.28. The SMILES string of the molecule is O=C(COC(=O)c1cc([N+](=O)[O-])ccc1N1CCOCC1)Nc1cc(Cl)ccc1Oc1ccccc1. The summed E-state index contributed by atoms with van der Waals surface area (Å²) in [6, 6.07) is 17.7. The van der Waals surface area contributed by atoms with Crippen LogP contribution in [0.3, 0.4) is 0 Å². The number of nitro benzene ring substituents is 1. The second-order valence-corrected chi connectivity index (χ2v) is 8.17. The zero-order chi connectivity index (χ0) is 25.5. The number of benzene rings is 3. The van der Waals surface area contributed by atoms with E-state index in [1.54, 1.807) is 24.3 Å². The molecule has 11 heteroatoms. The van der Waals surface area contributed by atoms with Crippen molar-refractivity contribution in [2.45, 2.75) is 0 Å². The Morgan fingerprint density at radius 1 is 1.06 bits per heavy atom. The molecule has 0 aliphatic carbocycles. The second-order valence-electron chi connectivity index (χ2n) is 7.74. The third kappa shape index (κ3) is 6.29. The van der Waals surface area contributed by atoms with Crippen molar-refractivity contribution in [3.63, 3.8) is 0 Å². The number of nitro groups is 1. The fourth-order valence-corrected chi connectivity index (χ4v) is 3.75. The molecule has 0 spiro atoms. The maximum atomic E-state index is 12.9. The van der Waals surface area contributed by atoms with E-state index in [2.05, 4.69) is 5.32 Å². The summed E-state index contributed by atoms with van der Waals surface area (Å²) < 4.78 is 16.4. The maximum Gasteiger partial charge on any atom is 0.341 e. The Bertz CT molecular complexity index is 1260. The number of amides is 1. The number of nitrogens with one attached hydrogen (secondary N) is 1. The van der Waals surface area contributed by atoms with Crippen molar-refractivity contribution < 1.29 is 28.7 Å². The molecule has 3 aromatic rings. The number of carbonyl (C=O) groups excluding carboxylic acids is 2. The lowest BCUT2D eigenvalue weighted by molar-refractivity contribution is -0.384. The van der Waals surface area contributed by atoms with Crippen LogP contribution in [0.1, 0.15) is 10.4 Å². The fraction of sp³-hybridized carbons (Fsp3) is 0.200. The molecule has 0 radical (unpaired) electrons. The lowest BCUT2D eigenvalue weighted by Gasteiger charge is -2.30. The van der Waals surface area contributed by atoms with Crippen molar-refractivity contribution in [2.75, 3.05) is 43.1 Å². The molecule has 0 atom stereocenters. The first-order valence-electron chi connectivity index (χ1n) is 11.0. The number of anilines is 2. The summed E-state index contributed by atoms with van der Waals surface area (Å²) in [4.78, 5) is 38.0. The van der Waals surface area contributed by atoms with Gasteiger partial charge in [-0.1, -0.05) is 29.8 Å². The van der Waals surface area contributed by atoms with Gasteiger partial charge in [0.1, 0.15) is 5.75 Å². The van der Waals surface area contributed by atoms with E-state index < -0.39 is 23.4 Å². The highest BCUT2D eigenvalue weighted by molar-refractivity contribution is 6.31. The maximum absolute atomic E-state index is 12.9. The standard InChI is InChI=1S/C25H22ClN3O7/c26-17-6-9-23(36-19-4-2-1-3-5-19)21(14-17)27-24(30)16-35-25(31)20-15-18(29(32)33)7-8-22(20)28-10-12-34-13-11-28/h1-9,14-15H,10-13,16H2,(H,27,30). The Labute approximate surface area is 211 Å². The number of hydrogen-bond donors (Lipinski definition) is 1. The lowest BCUT2D eigenvalue weighted by Crippen LogP contribution is -2.37. The Kier molecular flexibility index (Phi) is 7.99. The molecule has 1 saturated heterocycles. The van der Waals surface area contributed by atoms with Crippen molar-refractivity contribution in [2.24, 2.45) is 0 Å². The number of para-hydroxylation sites is 1. The monoisotopic (exact) mass is 511 g/mol. The zero-order valence-corrected chi connectivity index (χ0v) is 19.8. The van der Waals surface area contributed by atoms with E-state index in [-0.39, 0.29) is 16.9 Å². The average Bonchev–Trinajstić information content (AvgIpc) is 2.89. The van der Waals surface area contributed by atoms with Crippen LogP contribution in [0.5, 0.6) is 11.5 Å². The summed E-state index contributed by atoms with van der Waals surface area (Å²) in [5.41, 5.74) is 0.499. The number of morpholine rings is 1. The third-order valence-corrected chi connectivity index (χ3v) is 5.52. The van der Waals surface area contributed by atoms with Gasteiger partial charge in [0, 0.05) is 30.2 Å². The average molecular weight is 512 g/mol. The first-order chi connectivity index (χ1) is 17.4. The van der Waals surface area contributed by atoms with Gasteiger partial charge in [0.05, 0.1) is 35.1 Å². The molecule has 186 valence electrons. The van der Waals surface area contributed by atoms with Crippen LogP contribution in [0.2, 0.25) is 5.02 Å². The van der Waals surface area contributed by atoms with E-state index in [9.17, 15) is 19.7 Å². The number of rotatable bonds is 8. The van der Waals surface area contributed by atoms with Crippen molar-refractivity contribution in [1.29, 1.82) is 0 Å². The van der Waals surface area contributed by atoms with Crippen LogP contribution in [0, 0.1) is 10.1 Å². The molecule has 1 amide bonds. The van der Waals surface area contributed by atoms with Crippen LogP contribution in [-0.2, 0) is 14.3 Å². The first-order valence-corrected chi connectivity index (χ1v) is 11.4. The molecule has 0 bridgehead atoms. The van der Waals surface area contributed by atoms with Gasteiger partial charge in [-0.05, 0) is 36.4 Å². The Morgan fingerprint density at radius 3 is 2.53 bits per heavy atom. The molecule has 0 aromatic heterocycles. The second kappa shape index (κ2) is 11.5. The van der Waals surface area contributed by atoms with Gasteiger partial charge in [-0.3, -0.25) is 14.9 Å². The fourth-order valence-electron chi connectivity index (χ4n) is 3.58. The molecular weight excluding hydrogens is 490 g/mol.